The molecule has 0 bridgehead atoms. The molecule has 0 aromatic heterocycles. The first-order chi connectivity index (χ1) is 7.42. The molecule has 92 valence electrons. The van der Waals surface area contributed by atoms with Crippen LogP contribution < -0.4 is 0 Å². The zero-order chi connectivity index (χ0) is 12.3. The SMILES string of the molecule is CCC(C)C1=C(O)C=C[C@H](C(C)(C)CC)C1. The lowest BCUT2D eigenvalue weighted by Crippen LogP contribution is -2.25. The summed E-state index contributed by atoms with van der Waals surface area (Å²) in [4.78, 5) is 0. The summed E-state index contributed by atoms with van der Waals surface area (Å²) >= 11 is 0. The highest BCUT2D eigenvalue weighted by Crippen LogP contribution is 2.40. The van der Waals surface area contributed by atoms with Gasteiger partial charge < -0.3 is 5.11 Å². The van der Waals surface area contributed by atoms with Crippen LogP contribution in [0.15, 0.2) is 23.5 Å². The zero-order valence-corrected chi connectivity index (χ0v) is 11.4. The van der Waals surface area contributed by atoms with Crippen LogP contribution in [0.2, 0.25) is 0 Å². The number of hydrogen-bond donors (Lipinski definition) is 1. The molecule has 1 aliphatic rings. The highest BCUT2D eigenvalue weighted by molar-refractivity contribution is 5.27. The molecule has 0 aromatic carbocycles. The van der Waals surface area contributed by atoms with Gasteiger partial charge in [0.15, 0.2) is 0 Å². The van der Waals surface area contributed by atoms with E-state index in [9.17, 15) is 5.11 Å². The van der Waals surface area contributed by atoms with Gasteiger partial charge in [0.05, 0.1) is 0 Å². The number of rotatable bonds is 4. The van der Waals surface area contributed by atoms with E-state index in [1.165, 1.54) is 12.0 Å². The fourth-order valence-electron chi connectivity index (χ4n) is 2.22. The van der Waals surface area contributed by atoms with Gasteiger partial charge in [0.2, 0.25) is 0 Å². The van der Waals surface area contributed by atoms with Crippen molar-refractivity contribution in [2.45, 2.75) is 53.9 Å². The summed E-state index contributed by atoms with van der Waals surface area (Å²) in [6.45, 7) is 11.3. The predicted octanol–water partition coefficient (Wildman–Crippen LogP) is 4.86. The predicted molar refractivity (Wildman–Crippen MR) is 70.4 cm³/mol. The van der Waals surface area contributed by atoms with E-state index in [-0.39, 0.29) is 0 Å². The Balaban J connectivity index is 2.86. The molecule has 0 amide bonds. The fourth-order valence-corrected chi connectivity index (χ4v) is 2.22. The van der Waals surface area contributed by atoms with Crippen molar-refractivity contribution in [1.82, 2.24) is 0 Å². The van der Waals surface area contributed by atoms with Crippen molar-refractivity contribution in [3.8, 4) is 0 Å². The Labute approximate surface area is 100 Å². The average Bonchev–Trinajstić information content (AvgIpc) is 2.28. The third-order valence-corrected chi connectivity index (χ3v) is 4.38. The second kappa shape index (κ2) is 5.07. The molecule has 0 saturated heterocycles. The van der Waals surface area contributed by atoms with Crippen LogP contribution in [-0.4, -0.2) is 5.11 Å². The van der Waals surface area contributed by atoms with Crippen molar-refractivity contribution in [2.75, 3.05) is 0 Å². The number of allylic oxidation sites excluding steroid dienone is 3. The zero-order valence-electron chi connectivity index (χ0n) is 11.4. The lowest BCUT2D eigenvalue weighted by atomic mass is 9.70. The molecule has 0 heterocycles. The van der Waals surface area contributed by atoms with E-state index in [1.54, 1.807) is 0 Å². The first-order valence-electron chi connectivity index (χ1n) is 6.52. The van der Waals surface area contributed by atoms with Crippen molar-refractivity contribution >= 4 is 0 Å². The largest absolute Gasteiger partial charge is 0.508 e. The first-order valence-corrected chi connectivity index (χ1v) is 6.52. The molecule has 0 radical (unpaired) electrons. The van der Waals surface area contributed by atoms with Crippen molar-refractivity contribution in [2.24, 2.45) is 17.3 Å². The Morgan fingerprint density at radius 2 is 2.06 bits per heavy atom. The third kappa shape index (κ3) is 2.69. The topological polar surface area (TPSA) is 20.2 Å². The number of aliphatic hydroxyl groups is 1. The summed E-state index contributed by atoms with van der Waals surface area (Å²) in [7, 11) is 0. The van der Waals surface area contributed by atoms with Crippen LogP contribution in [0.3, 0.4) is 0 Å². The summed E-state index contributed by atoms with van der Waals surface area (Å²) in [6, 6.07) is 0. The summed E-state index contributed by atoms with van der Waals surface area (Å²) in [6.07, 6.45) is 7.40. The van der Waals surface area contributed by atoms with E-state index < -0.39 is 0 Å². The van der Waals surface area contributed by atoms with Gasteiger partial charge in [-0.15, -0.1) is 0 Å². The van der Waals surface area contributed by atoms with E-state index in [1.807, 2.05) is 6.08 Å². The Kier molecular flexibility index (Phi) is 4.23. The molecule has 0 saturated carbocycles. The molecule has 2 atom stereocenters. The van der Waals surface area contributed by atoms with Crippen molar-refractivity contribution in [1.29, 1.82) is 0 Å². The Morgan fingerprint density at radius 1 is 1.44 bits per heavy atom. The van der Waals surface area contributed by atoms with Crippen LogP contribution in [0.4, 0.5) is 0 Å². The molecule has 0 spiro atoms. The molecule has 16 heavy (non-hydrogen) atoms. The molecule has 1 nitrogen and oxygen atoms in total. The third-order valence-electron chi connectivity index (χ3n) is 4.38. The van der Waals surface area contributed by atoms with Crippen LogP contribution in [-0.2, 0) is 0 Å². The molecular formula is C15H26O. The average molecular weight is 222 g/mol. The molecule has 1 unspecified atom stereocenters. The van der Waals surface area contributed by atoms with Gasteiger partial charge in [-0.05, 0) is 41.7 Å². The molecule has 1 rings (SSSR count). The standard InChI is InChI=1S/C15H26O/c1-6-11(3)13-10-12(8-9-14(13)16)15(4,5)7-2/h8-9,11-12,16H,6-7,10H2,1-5H3/t11?,12-/m0/s1. The van der Waals surface area contributed by atoms with Gasteiger partial charge in [-0.1, -0.05) is 47.1 Å². The smallest absolute Gasteiger partial charge is 0.114 e. The van der Waals surface area contributed by atoms with E-state index >= 15 is 0 Å². The molecular weight excluding hydrogens is 196 g/mol. The molecule has 1 heteroatoms. The molecule has 0 aromatic rings. The number of aliphatic hydroxyl groups excluding tert-OH is 1. The van der Waals surface area contributed by atoms with Crippen molar-refractivity contribution in [3.63, 3.8) is 0 Å². The first kappa shape index (κ1) is 13.3. The summed E-state index contributed by atoms with van der Waals surface area (Å²) in [5.41, 5.74) is 1.58. The van der Waals surface area contributed by atoms with Gasteiger partial charge >= 0.3 is 0 Å². The van der Waals surface area contributed by atoms with Gasteiger partial charge in [-0.25, -0.2) is 0 Å². The normalized spacial score (nSPS) is 23.7. The lowest BCUT2D eigenvalue weighted by molar-refractivity contribution is 0.234. The van der Waals surface area contributed by atoms with Crippen molar-refractivity contribution in [3.05, 3.63) is 23.5 Å². The summed E-state index contributed by atoms with van der Waals surface area (Å²) in [5.74, 6) is 1.58. The van der Waals surface area contributed by atoms with Gasteiger partial charge in [-0.2, -0.15) is 0 Å². The minimum absolute atomic E-state index is 0.329. The maximum Gasteiger partial charge on any atom is 0.114 e. The molecule has 0 fully saturated rings. The second-order valence-corrected chi connectivity index (χ2v) is 5.73. The van der Waals surface area contributed by atoms with Crippen LogP contribution in [0, 0.1) is 17.3 Å². The fraction of sp³-hybridized carbons (Fsp3) is 0.733. The van der Waals surface area contributed by atoms with Gasteiger partial charge in [-0.3, -0.25) is 0 Å². The maximum atomic E-state index is 9.92. The highest BCUT2D eigenvalue weighted by Gasteiger charge is 2.30. The minimum Gasteiger partial charge on any atom is -0.508 e. The number of hydrogen-bond acceptors (Lipinski definition) is 1. The molecule has 1 N–H and O–H groups in total. The summed E-state index contributed by atoms with van der Waals surface area (Å²) in [5, 5.41) is 9.92. The lowest BCUT2D eigenvalue weighted by Gasteiger charge is -2.35. The Bertz CT molecular complexity index is 297. The van der Waals surface area contributed by atoms with E-state index in [4.69, 9.17) is 0 Å². The minimum atomic E-state index is 0.329. The summed E-state index contributed by atoms with van der Waals surface area (Å²) < 4.78 is 0. The Hall–Kier alpha value is -0.720. The van der Waals surface area contributed by atoms with Crippen LogP contribution in [0.5, 0.6) is 0 Å². The quantitative estimate of drug-likeness (QED) is 0.720. The molecule has 0 aliphatic heterocycles. The van der Waals surface area contributed by atoms with Crippen LogP contribution in [0.25, 0.3) is 0 Å². The Morgan fingerprint density at radius 3 is 2.56 bits per heavy atom. The van der Waals surface area contributed by atoms with Crippen LogP contribution in [0.1, 0.15) is 53.9 Å². The van der Waals surface area contributed by atoms with E-state index in [2.05, 4.69) is 40.7 Å². The highest BCUT2D eigenvalue weighted by atomic mass is 16.3. The van der Waals surface area contributed by atoms with Crippen LogP contribution >= 0.6 is 0 Å². The maximum absolute atomic E-state index is 9.92. The second-order valence-electron chi connectivity index (χ2n) is 5.73. The van der Waals surface area contributed by atoms with Crippen molar-refractivity contribution < 1.29 is 5.11 Å². The van der Waals surface area contributed by atoms with E-state index in [0.717, 1.165) is 12.8 Å². The van der Waals surface area contributed by atoms with Gasteiger partial charge in [0.1, 0.15) is 5.76 Å². The van der Waals surface area contributed by atoms with E-state index in [0.29, 0.717) is 23.0 Å². The molecule has 1 aliphatic carbocycles. The van der Waals surface area contributed by atoms with Gasteiger partial charge in [0.25, 0.3) is 0 Å². The monoisotopic (exact) mass is 222 g/mol. The van der Waals surface area contributed by atoms with Gasteiger partial charge in [0, 0.05) is 0 Å².